The van der Waals surface area contributed by atoms with Crippen molar-refractivity contribution in [2.45, 2.75) is 103 Å². The summed E-state index contributed by atoms with van der Waals surface area (Å²) in [5.41, 5.74) is 1.47. The molecule has 41 heavy (non-hydrogen) atoms. The average molecular weight is 564 g/mol. The summed E-state index contributed by atoms with van der Waals surface area (Å²) in [6, 6.07) is 11.7. The zero-order chi connectivity index (χ0) is 30.2. The van der Waals surface area contributed by atoms with Crippen LogP contribution in [-0.2, 0) is 20.7 Å². The van der Waals surface area contributed by atoms with E-state index in [2.05, 4.69) is 17.2 Å². The first-order valence-electron chi connectivity index (χ1n) is 14.5. The van der Waals surface area contributed by atoms with Crippen molar-refractivity contribution in [2.75, 3.05) is 0 Å². The zero-order valence-electron chi connectivity index (χ0n) is 25.0. The van der Waals surface area contributed by atoms with Gasteiger partial charge in [0, 0.05) is 18.5 Å². The summed E-state index contributed by atoms with van der Waals surface area (Å²) in [5, 5.41) is 15.7. The van der Waals surface area contributed by atoms with Crippen molar-refractivity contribution in [3.8, 4) is 5.75 Å². The maximum absolute atomic E-state index is 14.4. The van der Waals surface area contributed by atoms with E-state index < -0.39 is 29.7 Å². The highest BCUT2D eigenvalue weighted by Crippen LogP contribution is 2.28. The molecule has 3 N–H and O–H groups in total. The minimum atomic E-state index is -1.02. The van der Waals surface area contributed by atoms with Crippen molar-refractivity contribution in [1.82, 2.24) is 15.5 Å². The number of amides is 3. The largest absolute Gasteiger partial charge is 0.508 e. The first-order chi connectivity index (χ1) is 19.4. The quantitative estimate of drug-likeness (QED) is 0.334. The second-order valence-corrected chi connectivity index (χ2v) is 12.0. The first-order valence-corrected chi connectivity index (χ1v) is 14.5. The maximum atomic E-state index is 14.4. The summed E-state index contributed by atoms with van der Waals surface area (Å²) in [6.07, 6.45) is 6.21. The molecule has 1 aliphatic rings. The molecule has 3 rings (SSSR count). The Bertz CT molecular complexity index is 1200. The van der Waals surface area contributed by atoms with E-state index in [-0.39, 0.29) is 30.2 Å². The minimum Gasteiger partial charge on any atom is -0.508 e. The Labute approximate surface area is 244 Å². The van der Waals surface area contributed by atoms with Crippen LogP contribution in [0.2, 0.25) is 0 Å². The van der Waals surface area contributed by atoms with Crippen molar-refractivity contribution in [3.63, 3.8) is 0 Å². The fourth-order valence-corrected chi connectivity index (χ4v) is 5.20. The molecule has 8 nitrogen and oxygen atoms in total. The SMILES string of the molecule is C=Cc1cccc(C(C(=O)NC2CCCCC2)N(C(=O)C(Cc2ccc(O)cc2)NC(=O)OC(C)(C)C)C(C)C)c1. The normalized spacial score (nSPS) is 15.5. The number of nitrogens with one attached hydrogen (secondary N) is 2. The number of ether oxygens (including phenoxy) is 1. The van der Waals surface area contributed by atoms with Crippen LogP contribution in [0.15, 0.2) is 55.1 Å². The van der Waals surface area contributed by atoms with Crippen LogP contribution < -0.4 is 10.6 Å². The van der Waals surface area contributed by atoms with Gasteiger partial charge in [0.2, 0.25) is 11.8 Å². The summed E-state index contributed by atoms with van der Waals surface area (Å²) >= 11 is 0. The molecule has 0 spiro atoms. The van der Waals surface area contributed by atoms with Crippen LogP contribution in [0.3, 0.4) is 0 Å². The summed E-state index contributed by atoms with van der Waals surface area (Å²) in [7, 11) is 0. The highest BCUT2D eigenvalue weighted by molar-refractivity contribution is 5.92. The van der Waals surface area contributed by atoms with E-state index in [0.29, 0.717) is 5.56 Å². The second-order valence-electron chi connectivity index (χ2n) is 12.0. The second kappa shape index (κ2) is 14.2. The molecule has 8 heteroatoms. The number of phenols is 1. The third-order valence-electron chi connectivity index (χ3n) is 7.12. The third kappa shape index (κ3) is 9.37. The lowest BCUT2D eigenvalue weighted by Gasteiger charge is -2.38. The van der Waals surface area contributed by atoms with Gasteiger partial charge in [-0.05, 0) is 82.3 Å². The van der Waals surface area contributed by atoms with Gasteiger partial charge < -0.3 is 25.4 Å². The monoisotopic (exact) mass is 563 g/mol. The number of hydrogen-bond donors (Lipinski definition) is 3. The predicted octanol–water partition coefficient (Wildman–Crippen LogP) is 5.90. The number of carbonyl (C=O) groups is 3. The van der Waals surface area contributed by atoms with Crippen LogP contribution in [0.1, 0.15) is 89.5 Å². The van der Waals surface area contributed by atoms with Gasteiger partial charge in [-0.15, -0.1) is 0 Å². The Morgan fingerprint density at radius 2 is 1.73 bits per heavy atom. The number of carbonyl (C=O) groups excluding carboxylic acids is 3. The molecule has 222 valence electrons. The van der Waals surface area contributed by atoms with Crippen LogP contribution in [0.4, 0.5) is 4.79 Å². The molecule has 0 radical (unpaired) electrons. The van der Waals surface area contributed by atoms with E-state index in [1.54, 1.807) is 43.9 Å². The maximum Gasteiger partial charge on any atom is 0.408 e. The minimum absolute atomic E-state index is 0.0538. The van der Waals surface area contributed by atoms with Gasteiger partial charge in [-0.25, -0.2) is 4.79 Å². The van der Waals surface area contributed by atoms with Gasteiger partial charge in [0.05, 0.1) is 0 Å². The average Bonchev–Trinajstić information content (AvgIpc) is 2.91. The van der Waals surface area contributed by atoms with E-state index >= 15 is 0 Å². The number of hydrogen-bond acceptors (Lipinski definition) is 5. The smallest absolute Gasteiger partial charge is 0.408 e. The molecule has 0 aromatic heterocycles. The molecule has 3 amide bonds. The highest BCUT2D eigenvalue weighted by Gasteiger charge is 2.38. The molecule has 1 aliphatic carbocycles. The van der Waals surface area contributed by atoms with Crippen LogP contribution in [0, 0.1) is 0 Å². The van der Waals surface area contributed by atoms with Crippen molar-refractivity contribution < 1.29 is 24.2 Å². The summed E-state index contributed by atoms with van der Waals surface area (Å²) in [4.78, 5) is 42.9. The van der Waals surface area contributed by atoms with Gasteiger partial charge in [-0.2, -0.15) is 0 Å². The standard InChI is InChI=1S/C33H45N3O5/c1-7-23-12-11-13-25(20-23)29(30(38)34-26-14-9-8-10-15-26)36(22(2)3)31(39)28(35-32(40)41-33(4,5)6)21-24-16-18-27(37)19-17-24/h7,11-13,16-20,22,26,28-29,37H,1,8-10,14-15,21H2,2-6H3,(H,34,38)(H,35,40). The third-order valence-corrected chi connectivity index (χ3v) is 7.12. The van der Waals surface area contributed by atoms with E-state index in [1.807, 2.05) is 38.1 Å². The summed E-state index contributed by atoms with van der Waals surface area (Å²) in [5.74, 6) is -0.561. The van der Waals surface area contributed by atoms with Crippen molar-refractivity contribution in [3.05, 3.63) is 71.8 Å². The van der Waals surface area contributed by atoms with E-state index in [1.165, 1.54) is 12.1 Å². The summed E-state index contributed by atoms with van der Waals surface area (Å²) < 4.78 is 5.49. The highest BCUT2D eigenvalue weighted by atomic mass is 16.6. The van der Waals surface area contributed by atoms with Gasteiger partial charge in [-0.1, -0.05) is 62.2 Å². The van der Waals surface area contributed by atoms with Gasteiger partial charge >= 0.3 is 6.09 Å². The van der Waals surface area contributed by atoms with Crippen LogP contribution in [0.25, 0.3) is 6.08 Å². The lowest BCUT2D eigenvalue weighted by Crippen LogP contribution is -2.56. The fraction of sp³-hybridized carbons (Fsp3) is 0.485. The zero-order valence-corrected chi connectivity index (χ0v) is 25.0. The number of benzene rings is 2. The van der Waals surface area contributed by atoms with Crippen molar-refractivity contribution in [1.29, 1.82) is 0 Å². The van der Waals surface area contributed by atoms with Crippen molar-refractivity contribution >= 4 is 24.0 Å². The molecule has 0 heterocycles. The molecular formula is C33H45N3O5. The summed E-state index contributed by atoms with van der Waals surface area (Å²) in [6.45, 7) is 12.8. The molecule has 2 aromatic carbocycles. The molecule has 2 aromatic rings. The molecular weight excluding hydrogens is 518 g/mol. The van der Waals surface area contributed by atoms with Crippen LogP contribution >= 0.6 is 0 Å². The molecule has 1 fully saturated rings. The lowest BCUT2D eigenvalue weighted by molar-refractivity contribution is -0.145. The molecule has 0 saturated heterocycles. The van der Waals surface area contributed by atoms with Gasteiger partial charge in [0.15, 0.2) is 0 Å². The molecule has 0 bridgehead atoms. The van der Waals surface area contributed by atoms with Crippen molar-refractivity contribution in [2.24, 2.45) is 0 Å². The Hall–Kier alpha value is -3.81. The Morgan fingerprint density at radius 1 is 1.07 bits per heavy atom. The van der Waals surface area contributed by atoms with Crippen LogP contribution in [-0.4, -0.2) is 51.6 Å². The Balaban J connectivity index is 2.02. The topological polar surface area (TPSA) is 108 Å². The van der Waals surface area contributed by atoms with Gasteiger partial charge in [-0.3, -0.25) is 9.59 Å². The number of aromatic hydroxyl groups is 1. The number of alkyl carbamates (subject to hydrolysis) is 1. The molecule has 2 atom stereocenters. The van der Waals surface area contributed by atoms with E-state index in [4.69, 9.17) is 4.74 Å². The Morgan fingerprint density at radius 3 is 2.32 bits per heavy atom. The van der Waals surface area contributed by atoms with E-state index in [9.17, 15) is 19.5 Å². The number of rotatable bonds is 10. The molecule has 0 aliphatic heterocycles. The molecule has 2 unspecified atom stereocenters. The Kier molecular flexibility index (Phi) is 11.0. The van der Waals surface area contributed by atoms with Gasteiger partial charge in [0.25, 0.3) is 0 Å². The van der Waals surface area contributed by atoms with Crippen LogP contribution in [0.5, 0.6) is 5.75 Å². The lowest BCUT2D eigenvalue weighted by atomic mass is 9.94. The fourth-order valence-electron chi connectivity index (χ4n) is 5.20. The molecule has 1 saturated carbocycles. The van der Waals surface area contributed by atoms with Gasteiger partial charge in [0.1, 0.15) is 23.4 Å². The first kappa shape index (κ1) is 31.7. The number of nitrogens with zero attached hydrogens (tertiary/aromatic N) is 1. The predicted molar refractivity (Wildman–Crippen MR) is 161 cm³/mol. The van der Waals surface area contributed by atoms with E-state index in [0.717, 1.165) is 43.2 Å². The number of phenolic OH excluding ortho intramolecular Hbond substituents is 1.